The summed E-state index contributed by atoms with van der Waals surface area (Å²) in [5, 5.41) is 2.14. The van der Waals surface area contributed by atoms with Gasteiger partial charge in [-0.05, 0) is 31.0 Å². The Morgan fingerprint density at radius 1 is 1.29 bits per heavy atom. The third-order valence-corrected chi connectivity index (χ3v) is 3.38. The SMILES string of the molecule is NC1(C(=O)Nc2cc(C(F)(F)F)ccc2F)CCOCC1. The molecule has 2 rings (SSSR count). The lowest BCUT2D eigenvalue weighted by atomic mass is 9.90. The van der Waals surface area contributed by atoms with Crippen molar-refractivity contribution in [1.82, 2.24) is 0 Å². The van der Waals surface area contributed by atoms with Crippen molar-refractivity contribution in [2.75, 3.05) is 18.5 Å². The van der Waals surface area contributed by atoms with Crippen molar-refractivity contribution in [3.8, 4) is 0 Å². The number of hydrogen-bond donors (Lipinski definition) is 2. The molecule has 0 spiro atoms. The van der Waals surface area contributed by atoms with Crippen molar-refractivity contribution in [2.24, 2.45) is 5.73 Å². The van der Waals surface area contributed by atoms with Gasteiger partial charge in [-0.2, -0.15) is 13.2 Å². The van der Waals surface area contributed by atoms with Crippen LogP contribution < -0.4 is 11.1 Å². The quantitative estimate of drug-likeness (QED) is 0.824. The Kier molecular flexibility index (Phi) is 4.20. The number of halogens is 4. The summed E-state index contributed by atoms with van der Waals surface area (Å²) in [6, 6.07) is 1.82. The van der Waals surface area contributed by atoms with E-state index in [-0.39, 0.29) is 26.1 Å². The van der Waals surface area contributed by atoms with E-state index in [0.717, 1.165) is 0 Å². The lowest BCUT2D eigenvalue weighted by Gasteiger charge is -2.31. The van der Waals surface area contributed by atoms with Crippen molar-refractivity contribution in [3.63, 3.8) is 0 Å². The Morgan fingerprint density at radius 3 is 2.48 bits per heavy atom. The van der Waals surface area contributed by atoms with Gasteiger partial charge < -0.3 is 15.8 Å². The molecule has 0 aliphatic carbocycles. The van der Waals surface area contributed by atoms with Crippen LogP contribution in [0.3, 0.4) is 0 Å². The molecule has 1 aromatic rings. The summed E-state index contributed by atoms with van der Waals surface area (Å²) in [4.78, 5) is 12.1. The van der Waals surface area contributed by atoms with Gasteiger partial charge in [0.1, 0.15) is 11.4 Å². The third-order valence-electron chi connectivity index (χ3n) is 3.38. The van der Waals surface area contributed by atoms with Crippen molar-refractivity contribution < 1.29 is 27.1 Å². The maximum Gasteiger partial charge on any atom is 0.416 e. The number of carbonyl (C=O) groups is 1. The van der Waals surface area contributed by atoms with E-state index in [0.29, 0.717) is 18.2 Å². The fraction of sp³-hybridized carbons (Fsp3) is 0.462. The molecule has 1 aliphatic rings. The fourth-order valence-corrected chi connectivity index (χ4v) is 2.01. The Labute approximate surface area is 118 Å². The summed E-state index contributed by atoms with van der Waals surface area (Å²) >= 11 is 0. The van der Waals surface area contributed by atoms with Gasteiger partial charge in [-0.15, -0.1) is 0 Å². The lowest BCUT2D eigenvalue weighted by molar-refractivity contribution is -0.137. The zero-order chi connectivity index (χ0) is 15.7. The van der Waals surface area contributed by atoms with Gasteiger partial charge in [-0.25, -0.2) is 4.39 Å². The summed E-state index contributed by atoms with van der Waals surface area (Å²) in [5.41, 5.74) is 3.04. The van der Waals surface area contributed by atoms with Gasteiger partial charge >= 0.3 is 6.18 Å². The van der Waals surface area contributed by atoms with Gasteiger partial charge in [0.25, 0.3) is 0 Å². The second-order valence-corrected chi connectivity index (χ2v) is 4.92. The van der Waals surface area contributed by atoms with Crippen LogP contribution in [0.5, 0.6) is 0 Å². The molecule has 0 atom stereocenters. The summed E-state index contributed by atoms with van der Waals surface area (Å²) in [6.45, 7) is 0.546. The van der Waals surface area contributed by atoms with Crippen LogP contribution in [-0.4, -0.2) is 24.7 Å². The fourth-order valence-electron chi connectivity index (χ4n) is 2.01. The van der Waals surface area contributed by atoms with E-state index in [4.69, 9.17) is 10.5 Å². The van der Waals surface area contributed by atoms with Crippen molar-refractivity contribution in [3.05, 3.63) is 29.6 Å². The number of carbonyl (C=O) groups excluding carboxylic acids is 1. The highest BCUT2D eigenvalue weighted by Gasteiger charge is 2.37. The first-order valence-electron chi connectivity index (χ1n) is 6.27. The van der Waals surface area contributed by atoms with Gasteiger partial charge in [-0.3, -0.25) is 4.79 Å². The first kappa shape index (κ1) is 15.7. The second-order valence-electron chi connectivity index (χ2n) is 4.92. The molecule has 1 amide bonds. The number of alkyl halides is 3. The van der Waals surface area contributed by atoms with E-state index in [2.05, 4.69) is 5.32 Å². The second kappa shape index (κ2) is 5.61. The molecule has 1 aromatic carbocycles. The number of anilines is 1. The number of ether oxygens (including phenoxy) is 1. The summed E-state index contributed by atoms with van der Waals surface area (Å²) in [5.74, 6) is -1.67. The van der Waals surface area contributed by atoms with Crippen LogP contribution in [0.4, 0.5) is 23.2 Å². The molecule has 21 heavy (non-hydrogen) atoms. The zero-order valence-corrected chi connectivity index (χ0v) is 11.0. The molecule has 4 nitrogen and oxygen atoms in total. The summed E-state index contributed by atoms with van der Waals surface area (Å²) in [7, 11) is 0. The van der Waals surface area contributed by atoms with Crippen LogP contribution in [0.15, 0.2) is 18.2 Å². The van der Waals surface area contributed by atoms with Gasteiger partial charge in [0, 0.05) is 13.2 Å². The van der Waals surface area contributed by atoms with E-state index >= 15 is 0 Å². The van der Waals surface area contributed by atoms with E-state index in [1.165, 1.54) is 0 Å². The molecule has 0 bridgehead atoms. The Morgan fingerprint density at radius 2 is 1.90 bits per heavy atom. The molecular formula is C13H14F4N2O2. The van der Waals surface area contributed by atoms with Crippen LogP contribution in [0, 0.1) is 5.82 Å². The van der Waals surface area contributed by atoms with Crippen LogP contribution in [0.1, 0.15) is 18.4 Å². The summed E-state index contributed by atoms with van der Waals surface area (Å²) in [6.07, 6.45) is -4.18. The van der Waals surface area contributed by atoms with E-state index in [1.807, 2.05) is 0 Å². The number of amides is 1. The number of benzene rings is 1. The molecule has 116 valence electrons. The van der Waals surface area contributed by atoms with E-state index in [1.54, 1.807) is 0 Å². The van der Waals surface area contributed by atoms with Crippen LogP contribution in [-0.2, 0) is 15.7 Å². The van der Waals surface area contributed by atoms with Gasteiger partial charge in [0.05, 0.1) is 11.3 Å². The van der Waals surface area contributed by atoms with Crippen LogP contribution in [0.25, 0.3) is 0 Å². The normalized spacial score (nSPS) is 18.3. The van der Waals surface area contributed by atoms with Gasteiger partial charge in [0.2, 0.25) is 5.91 Å². The lowest BCUT2D eigenvalue weighted by Crippen LogP contribution is -2.54. The number of rotatable bonds is 2. The van der Waals surface area contributed by atoms with E-state index in [9.17, 15) is 22.4 Å². The number of nitrogens with two attached hydrogens (primary N) is 1. The molecular weight excluding hydrogens is 292 g/mol. The molecule has 1 saturated heterocycles. The maximum atomic E-state index is 13.6. The minimum Gasteiger partial charge on any atom is -0.381 e. The molecule has 0 saturated carbocycles. The first-order chi connectivity index (χ1) is 9.72. The van der Waals surface area contributed by atoms with Crippen molar-refractivity contribution >= 4 is 11.6 Å². The predicted octanol–water partition coefficient (Wildman–Crippen LogP) is 2.29. The number of hydrogen-bond acceptors (Lipinski definition) is 3. The largest absolute Gasteiger partial charge is 0.416 e. The molecule has 8 heteroatoms. The Bertz CT molecular complexity index is 539. The van der Waals surface area contributed by atoms with Crippen molar-refractivity contribution in [1.29, 1.82) is 0 Å². The average Bonchev–Trinajstić information content (AvgIpc) is 2.40. The number of nitrogens with one attached hydrogen (secondary N) is 1. The molecule has 0 unspecified atom stereocenters. The monoisotopic (exact) mass is 306 g/mol. The highest BCUT2D eigenvalue weighted by Crippen LogP contribution is 2.32. The highest BCUT2D eigenvalue weighted by atomic mass is 19.4. The Balaban J connectivity index is 2.20. The standard InChI is InChI=1S/C13H14F4N2O2/c14-9-2-1-8(13(15,16)17)7-10(9)19-11(20)12(18)3-5-21-6-4-12/h1-2,7H,3-6,18H2,(H,19,20). The predicted molar refractivity (Wildman–Crippen MR) is 67.0 cm³/mol. The highest BCUT2D eigenvalue weighted by molar-refractivity contribution is 5.98. The smallest absolute Gasteiger partial charge is 0.381 e. The molecule has 1 fully saturated rings. The third kappa shape index (κ3) is 3.51. The van der Waals surface area contributed by atoms with Gasteiger partial charge in [0.15, 0.2) is 0 Å². The van der Waals surface area contributed by atoms with Crippen molar-refractivity contribution in [2.45, 2.75) is 24.6 Å². The maximum absolute atomic E-state index is 13.6. The first-order valence-corrected chi connectivity index (χ1v) is 6.27. The molecule has 0 radical (unpaired) electrons. The molecule has 3 N–H and O–H groups in total. The average molecular weight is 306 g/mol. The summed E-state index contributed by atoms with van der Waals surface area (Å²) < 4.78 is 56.4. The van der Waals surface area contributed by atoms with Crippen LogP contribution >= 0.6 is 0 Å². The molecule has 0 aromatic heterocycles. The minimum absolute atomic E-state index is 0.222. The van der Waals surface area contributed by atoms with Gasteiger partial charge in [-0.1, -0.05) is 0 Å². The Hall–Kier alpha value is -1.67. The topological polar surface area (TPSA) is 64.4 Å². The van der Waals surface area contributed by atoms with Crippen LogP contribution in [0.2, 0.25) is 0 Å². The van der Waals surface area contributed by atoms with E-state index < -0.39 is 34.7 Å². The minimum atomic E-state index is -4.62. The molecule has 1 heterocycles. The zero-order valence-electron chi connectivity index (χ0n) is 11.0. The molecule has 1 aliphatic heterocycles.